The Labute approximate surface area is 163 Å². The van der Waals surface area contributed by atoms with Crippen LogP contribution < -0.4 is 0 Å². The zero-order chi connectivity index (χ0) is 18.6. The van der Waals surface area contributed by atoms with Gasteiger partial charge in [0.1, 0.15) is 5.82 Å². The molecule has 3 aromatic carbocycles. The van der Waals surface area contributed by atoms with Crippen LogP contribution in [-0.2, 0) is 6.54 Å². The van der Waals surface area contributed by atoms with Gasteiger partial charge in [-0.1, -0.05) is 60.7 Å². The van der Waals surface area contributed by atoms with Gasteiger partial charge in [0.15, 0.2) is 0 Å². The molecular formula is C23H22N2OS. The zero-order valence-electron chi connectivity index (χ0n) is 15.2. The van der Waals surface area contributed by atoms with Gasteiger partial charge in [0.25, 0.3) is 0 Å². The Morgan fingerprint density at radius 1 is 0.889 bits per heavy atom. The van der Waals surface area contributed by atoms with E-state index in [0.717, 1.165) is 16.9 Å². The van der Waals surface area contributed by atoms with Crippen LogP contribution in [0.3, 0.4) is 0 Å². The molecule has 4 aromatic rings. The number of fused-ring (bicyclic) bond motifs is 1. The van der Waals surface area contributed by atoms with Crippen molar-refractivity contribution in [2.75, 3.05) is 0 Å². The van der Waals surface area contributed by atoms with Gasteiger partial charge in [0.05, 0.1) is 28.9 Å². The lowest BCUT2D eigenvalue weighted by Crippen LogP contribution is -2.16. The van der Waals surface area contributed by atoms with E-state index < -0.39 is 6.10 Å². The number of aromatic nitrogens is 2. The van der Waals surface area contributed by atoms with Crippen LogP contribution in [0.25, 0.3) is 11.0 Å². The van der Waals surface area contributed by atoms with Gasteiger partial charge < -0.3 is 9.67 Å². The molecule has 0 amide bonds. The van der Waals surface area contributed by atoms with Crippen LogP contribution in [0, 0.1) is 0 Å². The van der Waals surface area contributed by atoms with Gasteiger partial charge in [-0.25, -0.2) is 4.98 Å². The third-order valence-electron chi connectivity index (χ3n) is 4.46. The molecule has 3 nitrogen and oxygen atoms in total. The first-order valence-corrected chi connectivity index (χ1v) is 10.00. The molecule has 0 aliphatic rings. The number of benzene rings is 3. The summed E-state index contributed by atoms with van der Waals surface area (Å²) < 4.78 is 2.16. The molecule has 0 spiro atoms. The van der Waals surface area contributed by atoms with Crippen molar-refractivity contribution in [3.05, 3.63) is 96.3 Å². The van der Waals surface area contributed by atoms with Crippen LogP contribution in [-0.4, -0.2) is 20.8 Å². The molecule has 0 radical (unpaired) electrons. The van der Waals surface area contributed by atoms with Gasteiger partial charge in [-0.05, 0) is 36.8 Å². The second-order valence-corrected chi connectivity index (χ2v) is 7.82. The normalized spacial score (nSPS) is 13.6. The topological polar surface area (TPSA) is 38.0 Å². The molecule has 1 aromatic heterocycles. The van der Waals surface area contributed by atoms with Crippen LogP contribution >= 0.6 is 11.8 Å². The maximum Gasteiger partial charge on any atom is 0.128 e. The van der Waals surface area contributed by atoms with Crippen LogP contribution in [0.5, 0.6) is 0 Å². The standard InChI is InChI=1S/C23H22N2OS/c1-17(26)16-25-21-15-9-8-14-20(21)24-23(25)22(18-10-4-2-5-11-18)27-19-12-6-3-7-13-19/h2-15,17,22,26H,16H2,1H3. The van der Waals surface area contributed by atoms with Crippen molar-refractivity contribution in [2.45, 2.75) is 29.7 Å². The highest BCUT2D eigenvalue weighted by Gasteiger charge is 2.23. The van der Waals surface area contributed by atoms with E-state index in [2.05, 4.69) is 59.2 Å². The predicted molar refractivity (Wildman–Crippen MR) is 112 cm³/mol. The molecule has 2 atom stereocenters. The van der Waals surface area contributed by atoms with Crippen LogP contribution in [0.4, 0.5) is 0 Å². The Morgan fingerprint density at radius 3 is 2.22 bits per heavy atom. The monoisotopic (exact) mass is 374 g/mol. The average molecular weight is 375 g/mol. The van der Waals surface area contributed by atoms with Gasteiger partial charge in [-0.3, -0.25) is 0 Å². The average Bonchev–Trinajstić information content (AvgIpc) is 3.05. The highest BCUT2D eigenvalue weighted by atomic mass is 32.2. The Kier molecular flexibility index (Phi) is 5.28. The highest BCUT2D eigenvalue weighted by molar-refractivity contribution is 7.99. The van der Waals surface area contributed by atoms with E-state index in [1.165, 1.54) is 10.5 Å². The van der Waals surface area contributed by atoms with E-state index in [4.69, 9.17) is 4.98 Å². The van der Waals surface area contributed by atoms with Crippen molar-refractivity contribution in [1.29, 1.82) is 0 Å². The minimum absolute atomic E-state index is 0.0414. The molecular weight excluding hydrogens is 352 g/mol. The fraction of sp³-hybridized carbons (Fsp3) is 0.174. The number of aliphatic hydroxyl groups is 1. The molecule has 0 aliphatic carbocycles. The first-order valence-electron chi connectivity index (χ1n) is 9.12. The lowest BCUT2D eigenvalue weighted by molar-refractivity contribution is 0.174. The number of imidazole rings is 1. The molecule has 136 valence electrons. The third kappa shape index (κ3) is 3.92. The van der Waals surface area contributed by atoms with Crippen LogP contribution in [0.1, 0.15) is 23.6 Å². The van der Waals surface area contributed by atoms with E-state index in [1.807, 2.05) is 37.3 Å². The summed E-state index contributed by atoms with van der Waals surface area (Å²) >= 11 is 1.79. The maximum atomic E-state index is 10.1. The summed E-state index contributed by atoms with van der Waals surface area (Å²) in [5.41, 5.74) is 3.22. The van der Waals surface area contributed by atoms with Crippen molar-refractivity contribution in [3.63, 3.8) is 0 Å². The number of thioether (sulfide) groups is 1. The number of nitrogens with zero attached hydrogens (tertiary/aromatic N) is 2. The molecule has 2 unspecified atom stereocenters. The van der Waals surface area contributed by atoms with E-state index in [9.17, 15) is 5.11 Å². The van der Waals surface area contributed by atoms with Crippen LogP contribution in [0.15, 0.2) is 89.8 Å². The molecule has 27 heavy (non-hydrogen) atoms. The Hall–Kier alpha value is -2.56. The first-order chi connectivity index (χ1) is 13.2. The minimum Gasteiger partial charge on any atom is -0.392 e. The summed E-state index contributed by atoms with van der Waals surface area (Å²) in [4.78, 5) is 6.17. The fourth-order valence-electron chi connectivity index (χ4n) is 3.28. The van der Waals surface area contributed by atoms with E-state index in [0.29, 0.717) is 6.54 Å². The van der Waals surface area contributed by atoms with Crippen molar-refractivity contribution in [1.82, 2.24) is 9.55 Å². The Balaban J connectivity index is 1.86. The van der Waals surface area contributed by atoms with Gasteiger partial charge in [-0.2, -0.15) is 0 Å². The summed E-state index contributed by atoms with van der Waals surface area (Å²) in [6.07, 6.45) is -0.445. The molecule has 0 saturated heterocycles. The molecule has 0 saturated carbocycles. The Morgan fingerprint density at radius 2 is 1.52 bits per heavy atom. The van der Waals surface area contributed by atoms with Gasteiger partial charge in [0, 0.05) is 4.90 Å². The van der Waals surface area contributed by atoms with Crippen molar-refractivity contribution >= 4 is 22.8 Å². The second-order valence-electron chi connectivity index (χ2n) is 6.64. The van der Waals surface area contributed by atoms with E-state index in [1.54, 1.807) is 11.8 Å². The van der Waals surface area contributed by atoms with E-state index >= 15 is 0 Å². The predicted octanol–water partition coefficient (Wildman–Crippen LogP) is 5.30. The third-order valence-corrected chi connectivity index (χ3v) is 5.73. The van der Waals surface area contributed by atoms with Gasteiger partial charge in [0.2, 0.25) is 0 Å². The lowest BCUT2D eigenvalue weighted by Gasteiger charge is -2.20. The smallest absolute Gasteiger partial charge is 0.128 e. The first kappa shape index (κ1) is 17.8. The lowest BCUT2D eigenvalue weighted by atomic mass is 10.1. The number of para-hydroxylation sites is 2. The van der Waals surface area contributed by atoms with Gasteiger partial charge >= 0.3 is 0 Å². The number of hydrogen-bond donors (Lipinski definition) is 1. The fourth-order valence-corrected chi connectivity index (χ4v) is 4.45. The summed E-state index contributed by atoms with van der Waals surface area (Å²) in [7, 11) is 0. The summed E-state index contributed by atoms with van der Waals surface area (Å²) in [5.74, 6) is 0.970. The number of aliphatic hydroxyl groups excluding tert-OH is 1. The number of hydrogen-bond acceptors (Lipinski definition) is 3. The largest absolute Gasteiger partial charge is 0.392 e. The zero-order valence-corrected chi connectivity index (χ0v) is 16.0. The maximum absolute atomic E-state index is 10.1. The molecule has 1 N–H and O–H groups in total. The molecule has 1 heterocycles. The molecule has 4 rings (SSSR count). The van der Waals surface area contributed by atoms with Crippen molar-refractivity contribution in [3.8, 4) is 0 Å². The molecule has 0 aliphatic heterocycles. The Bertz CT molecular complexity index is 1010. The van der Waals surface area contributed by atoms with Crippen molar-refractivity contribution in [2.24, 2.45) is 0 Å². The van der Waals surface area contributed by atoms with Crippen molar-refractivity contribution < 1.29 is 5.11 Å². The van der Waals surface area contributed by atoms with E-state index in [-0.39, 0.29) is 5.25 Å². The highest BCUT2D eigenvalue weighted by Crippen LogP contribution is 2.41. The second kappa shape index (κ2) is 7.99. The van der Waals surface area contributed by atoms with Gasteiger partial charge in [-0.15, -0.1) is 11.8 Å². The SMILES string of the molecule is CC(O)Cn1c(C(Sc2ccccc2)c2ccccc2)nc2ccccc21. The quantitative estimate of drug-likeness (QED) is 0.466. The minimum atomic E-state index is -0.445. The number of rotatable bonds is 6. The summed E-state index contributed by atoms with van der Waals surface area (Å²) in [5, 5.41) is 10.1. The van der Waals surface area contributed by atoms with Crippen LogP contribution in [0.2, 0.25) is 0 Å². The molecule has 0 fully saturated rings. The summed E-state index contributed by atoms with van der Waals surface area (Å²) in [6, 6.07) is 29.0. The molecule has 0 bridgehead atoms. The summed E-state index contributed by atoms with van der Waals surface area (Å²) in [6.45, 7) is 2.34. The molecule has 4 heteroatoms.